The largest absolute Gasteiger partial charge is 0.492 e. The zero-order valence-corrected chi connectivity index (χ0v) is 17.2. The lowest BCUT2D eigenvalue weighted by Crippen LogP contribution is -2.54. The highest BCUT2D eigenvalue weighted by Gasteiger charge is 2.36. The van der Waals surface area contributed by atoms with Crippen LogP contribution in [0, 0.1) is 12.7 Å². The minimum atomic E-state index is -0.884. The summed E-state index contributed by atoms with van der Waals surface area (Å²) in [5.74, 6) is -1.32. The van der Waals surface area contributed by atoms with Gasteiger partial charge in [0.05, 0.1) is 12.2 Å². The molecule has 4 rings (SSSR count). The van der Waals surface area contributed by atoms with Crippen molar-refractivity contribution in [2.24, 2.45) is 0 Å². The number of aryl methyl sites for hydroxylation is 1. The van der Waals surface area contributed by atoms with E-state index in [1.165, 1.54) is 18.2 Å². The fourth-order valence-electron chi connectivity index (χ4n) is 3.36. The van der Waals surface area contributed by atoms with Crippen molar-refractivity contribution in [2.45, 2.75) is 13.5 Å². The summed E-state index contributed by atoms with van der Waals surface area (Å²) in [6.07, 6.45) is 3.23. The van der Waals surface area contributed by atoms with Crippen LogP contribution in [0.2, 0.25) is 0 Å². The van der Waals surface area contributed by atoms with Crippen molar-refractivity contribution in [3.8, 4) is 5.75 Å². The predicted molar refractivity (Wildman–Crippen MR) is 117 cm³/mol. The first kappa shape index (κ1) is 21.0. The molecule has 2 heterocycles. The second-order valence-corrected chi connectivity index (χ2v) is 7.23. The van der Waals surface area contributed by atoms with Crippen molar-refractivity contribution < 1.29 is 23.5 Å². The molecule has 0 bridgehead atoms. The molecular formula is C24H20FN3O4. The molecule has 1 aromatic heterocycles. The first-order valence-electron chi connectivity index (χ1n) is 9.94. The standard InChI is InChI=1S/C24H20FN3O4/c1-16-4-2-6-20(14-16)32-13-12-27-11-3-5-19(27)15-21-22(29)26-24(31)28(23(21)30)18-9-7-17(25)8-10-18/h2-11,14-15H,12-13H2,1H3,(H,26,29,31)/b21-15-. The number of hydrogen-bond donors (Lipinski definition) is 1. The lowest BCUT2D eigenvalue weighted by molar-refractivity contribution is -0.122. The van der Waals surface area contributed by atoms with E-state index in [0.29, 0.717) is 18.8 Å². The predicted octanol–water partition coefficient (Wildman–Crippen LogP) is 3.68. The van der Waals surface area contributed by atoms with E-state index in [1.807, 2.05) is 35.8 Å². The Bertz CT molecular complexity index is 1210. The van der Waals surface area contributed by atoms with E-state index in [4.69, 9.17) is 4.74 Å². The highest BCUT2D eigenvalue weighted by molar-refractivity contribution is 6.39. The normalized spacial score (nSPS) is 15.2. The van der Waals surface area contributed by atoms with E-state index in [2.05, 4.69) is 5.32 Å². The molecule has 1 aliphatic rings. The van der Waals surface area contributed by atoms with Gasteiger partial charge in [-0.05, 0) is 67.1 Å². The van der Waals surface area contributed by atoms with Crippen molar-refractivity contribution in [2.75, 3.05) is 11.5 Å². The number of hydrogen-bond acceptors (Lipinski definition) is 4. The number of amides is 4. The number of barbiturate groups is 1. The fourth-order valence-corrected chi connectivity index (χ4v) is 3.36. The van der Waals surface area contributed by atoms with E-state index in [-0.39, 0.29) is 11.3 Å². The molecule has 8 heteroatoms. The van der Waals surface area contributed by atoms with E-state index in [1.54, 1.807) is 18.3 Å². The van der Waals surface area contributed by atoms with Gasteiger partial charge in [0.1, 0.15) is 23.7 Å². The van der Waals surface area contributed by atoms with Crippen molar-refractivity contribution in [1.29, 1.82) is 0 Å². The Kier molecular flexibility index (Phi) is 5.85. The second kappa shape index (κ2) is 8.89. The van der Waals surface area contributed by atoms with E-state index in [9.17, 15) is 18.8 Å². The lowest BCUT2D eigenvalue weighted by atomic mass is 10.1. The Morgan fingerprint density at radius 1 is 1.03 bits per heavy atom. The first-order chi connectivity index (χ1) is 15.4. The number of nitrogens with one attached hydrogen (secondary N) is 1. The summed E-state index contributed by atoms with van der Waals surface area (Å²) in [4.78, 5) is 38.4. The van der Waals surface area contributed by atoms with Crippen LogP contribution in [0.4, 0.5) is 14.9 Å². The van der Waals surface area contributed by atoms with Gasteiger partial charge in [0.15, 0.2) is 0 Å². The summed E-state index contributed by atoms with van der Waals surface area (Å²) in [7, 11) is 0. The quantitative estimate of drug-likeness (QED) is 0.475. The summed E-state index contributed by atoms with van der Waals surface area (Å²) in [6, 6.07) is 15.2. The molecule has 0 aliphatic carbocycles. The minimum Gasteiger partial charge on any atom is -0.492 e. The molecule has 0 unspecified atom stereocenters. The van der Waals surface area contributed by atoms with E-state index >= 15 is 0 Å². The molecule has 2 aromatic carbocycles. The maximum atomic E-state index is 13.2. The smallest absolute Gasteiger partial charge is 0.335 e. The monoisotopic (exact) mass is 433 g/mol. The van der Waals surface area contributed by atoms with E-state index in [0.717, 1.165) is 28.3 Å². The molecule has 4 amide bonds. The van der Waals surface area contributed by atoms with Gasteiger partial charge < -0.3 is 9.30 Å². The number of imide groups is 2. The number of aromatic nitrogens is 1. The average Bonchev–Trinajstić information content (AvgIpc) is 3.19. The average molecular weight is 433 g/mol. The Hall–Kier alpha value is -4.20. The van der Waals surface area contributed by atoms with Crippen LogP contribution < -0.4 is 15.0 Å². The van der Waals surface area contributed by atoms with Gasteiger partial charge in [0.25, 0.3) is 11.8 Å². The number of halogens is 1. The van der Waals surface area contributed by atoms with Crippen LogP contribution >= 0.6 is 0 Å². The number of anilines is 1. The summed E-state index contributed by atoms with van der Waals surface area (Å²) in [6.45, 7) is 2.85. The molecule has 0 radical (unpaired) electrons. The molecule has 1 saturated heterocycles. The third kappa shape index (κ3) is 4.44. The van der Waals surface area contributed by atoms with Crippen molar-refractivity contribution in [3.05, 3.63) is 89.5 Å². The molecule has 0 saturated carbocycles. The molecule has 162 valence electrons. The zero-order valence-electron chi connectivity index (χ0n) is 17.2. The molecule has 32 heavy (non-hydrogen) atoms. The van der Waals surface area contributed by atoms with Crippen molar-refractivity contribution in [1.82, 2.24) is 9.88 Å². The van der Waals surface area contributed by atoms with Gasteiger partial charge in [-0.1, -0.05) is 12.1 Å². The fraction of sp³-hybridized carbons (Fsp3) is 0.125. The molecule has 7 nitrogen and oxygen atoms in total. The topological polar surface area (TPSA) is 80.6 Å². The zero-order chi connectivity index (χ0) is 22.7. The van der Waals surface area contributed by atoms with Gasteiger partial charge in [0, 0.05) is 11.9 Å². The van der Waals surface area contributed by atoms with Crippen LogP contribution in [0.25, 0.3) is 6.08 Å². The number of ether oxygens (including phenoxy) is 1. The number of carbonyl (C=O) groups excluding carboxylic acids is 3. The Labute approximate surface area is 183 Å². The molecule has 3 aromatic rings. The number of benzene rings is 2. The highest BCUT2D eigenvalue weighted by Crippen LogP contribution is 2.22. The molecular weight excluding hydrogens is 413 g/mol. The second-order valence-electron chi connectivity index (χ2n) is 7.23. The van der Waals surface area contributed by atoms with Crippen LogP contribution in [-0.2, 0) is 16.1 Å². The number of urea groups is 1. The number of nitrogens with zero attached hydrogens (tertiary/aromatic N) is 2. The summed E-state index contributed by atoms with van der Waals surface area (Å²) < 4.78 is 20.8. The third-order valence-corrected chi connectivity index (χ3v) is 4.93. The van der Waals surface area contributed by atoms with Crippen LogP contribution in [-0.4, -0.2) is 29.0 Å². The Morgan fingerprint density at radius 3 is 2.56 bits per heavy atom. The lowest BCUT2D eigenvalue weighted by Gasteiger charge is -2.26. The van der Waals surface area contributed by atoms with Gasteiger partial charge in [-0.15, -0.1) is 0 Å². The van der Waals surface area contributed by atoms with Gasteiger partial charge in [-0.2, -0.15) is 0 Å². The van der Waals surface area contributed by atoms with Gasteiger partial charge in [-0.25, -0.2) is 14.1 Å². The maximum absolute atomic E-state index is 13.2. The van der Waals surface area contributed by atoms with Gasteiger partial charge in [-0.3, -0.25) is 14.9 Å². The number of carbonyl (C=O) groups is 3. The summed E-state index contributed by atoms with van der Waals surface area (Å²) in [5.41, 5.74) is 1.66. The Balaban J connectivity index is 1.53. The van der Waals surface area contributed by atoms with Crippen molar-refractivity contribution in [3.63, 3.8) is 0 Å². The molecule has 0 atom stereocenters. The van der Waals surface area contributed by atoms with Gasteiger partial charge in [0.2, 0.25) is 0 Å². The third-order valence-electron chi connectivity index (χ3n) is 4.93. The van der Waals surface area contributed by atoms with Crippen LogP contribution in [0.3, 0.4) is 0 Å². The number of rotatable bonds is 6. The molecule has 0 spiro atoms. The Morgan fingerprint density at radius 2 is 1.81 bits per heavy atom. The molecule has 1 fully saturated rings. The van der Waals surface area contributed by atoms with Crippen molar-refractivity contribution >= 4 is 29.6 Å². The highest BCUT2D eigenvalue weighted by atomic mass is 19.1. The van der Waals surface area contributed by atoms with Gasteiger partial charge >= 0.3 is 6.03 Å². The first-order valence-corrected chi connectivity index (χ1v) is 9.94. The maximum Gasteiger partial charge on any atom is 0.335 e. The van der Waals surface area contributed by atoms with Crippen LogP contribution in [0.15, 0.2) is 72.4 Å². The van der Waals surface area contributed by atoms with Crippen LogP contribution in [0.1, 0.15) is 11.3 Å². The van der Waals surface area contributed by atoms with Crippen LogP contribution in [0.5, 0.6) is 5.75 Å². The summed E-state index contributed by atoms with van der Waals surface area (Å²) in [5, 5.41) is 2.16. The SMILES string of the molecule is Cc1cccc(OCCn2cccc2/C=C2/C(=O)NC(=O)N(c3ccc(F)cc3)C2=O)c1. The molecule has 1 N–H and O–H groups in total. The summed E-state index contributed by atoms with van der Waals surface area (Å²) >= 11 is 0. The van der Waals surface area contributed by atoms with E-state index < -0.39 is 23.7 Å². The minimum absolute atomic E-state index is 0.161. The molecule has 1 aliphatic heterocycles.